The van der Waals surface area contributed by atoms with Crippen LogP contribution in [0.2, 0.25) is 0 Å². The molecule has 0 bridgehead atoms. The van der Waals surface area contributed by atoms with E-state index in [-0.39, 0.29) is 17.9 Å². The Morgan fingerprint density at radius 3 is 2.50 bits per heavy atom. The van der Waals surface area contributed by atoms with E-state index in [9.17, 15) is 9.59 Å². The largest absolute Gasteiger partial charge is 0.398 e. The van der Waals surface area contributed by atoms with Crippen molar-refractivity contribution in [1.82, 2.24) is 5.32 Å². The van der Waals surface area contributed by atoms with Gasteiger partial charge in [-0.25, -0.2) is 0 Å². The highest BCUT2D eigenvalue weighted by atomic mass is 16.2. The molecule has 5 heteroatoms. The van der Waals surface area contributed by atoms with Gasteiger partial charge in [-0.15, -0.1) is 0 Å². The van der Waals surface area contributed by atoms with Gasteiger partial charge >= 0.3 is 0 Å². The van der Waals surface area contributed by atoms with Gasteiger partial charge in [-0.1, -0.05) is 24.3 Å². The lowest BCUT2D eigenvalue weighted by atomic mass is 10.1. The van der Waals surface area contributed by atoms with Gasteiger partial charge in [-0.3, -0.25) is 9.59 Å². The lowest BCUT2D eigenvalue weighted by Gasteiger charge is -2.18. The van der Waals surface area contributed by atoms with Crippen LogP contribution in [0, 0.1) is 0 Å². The van der Waals surface area contributed by atoms with E-state index in [1.807, 2.05) is 31.2 Å². The number of hydrogen-bond acceptors (Lipinski definition) is 3. The molecule has 24 heavy (non-hydrogen) atoms. The molecule has 124 valence electrons. The van der Waals surface area contributed by atoms with Gasteiger partial charge in [0.2, 0.25) is 5.91 Å². The SMILES string of the molecule is CC(NC(=O)c1ccccc1N)c1ccc(N2CCCC2=O)cc1. The molecule has 0 radical (unpaired) electrons. The number of hydrogen-bond donors (Lipinski definition) is 2. The summed E-state index contributed by atoms with van der Waals surface area (Å²) in [4.78, 5) is 25.9. The van der Waals surface area contributed by atoms with E-state index < -0.39 is 0 Å². The summed E-state index contributed by atoms with van der Waals surface area (Å²) in [5.41, 5.74) is 8.67. The maximum Gasteiger partial charge on any atom is 0.253 e. The zero-order valence-corrected chi connectivity index (χ0v) is 13.7. The van der Waals surface area contributed by atoms with E-state index in [1.54, 1.807) is 29.2 Å². The average molecular weight is 323 g/mol. The monoisotopic (exact) mass is 323 g/mol. The first-order valence-corrected chi connectivity index (χ1v) is 8.12. The Morgan fingerprint density at radius 2 is 1.88 bits per heavy atom. The lowest BCUT2D eigenvalue weighted by Crippen LogP contribution is -2.27. The highest BCUT2D eigenvalue weighted by Gasteiger charge is 2.21. The van der Waals surface area contributed by atoms with Crippen molar-refractivity contribution in [2.75, 3.05) is 17.2 Å². The second-order valence-corrected chi connectivity index (χ2v) is 6.02. The Morgan fingerprint density at radius 1 is 1.17 bits per heavy atom. The van der Waals surface area contributed by atoms with Crippen LogP contribution in [0.3, 0.4) is 0 Å². The molecule has 1 aliphatic heterocycles. The predicted molar refractivity (Wildman–Crippen MR) is 94.8 cm³/mol. The fraction of sp³-hybridized carbons (Fsp3) is 0.263. The molecule has 1 saturated heterocycles. The molecule has 0 saturated carbocycles. The molecule has 1 heterocycles. The smallest absolute Gasteiger partial charge is 0.253 e. The molecule has 2 aromatic rings. The molecule has 2 aromatic carbocycles. The molecule has 0 aliphatic carbocycles. The number of benzene rings is 2. The highest BCUT2D eigenvalue weighted by Crippen LogP contribution is 2.24. The molecular weight excluding hydrogens is 302 g/mol. The number of amides is 2. The minimum absolute atomic E-state index is 0.152. The van der Waals surface area contributed by atoms with E-state index in [1.165, 1.54) is 0 Å². The van der Waals surface area contributed by atoms with Gasteiger partial charge in [0.15, 0.2) is 0 Å². The van der Waals surface area contributed by atoms with Gasteiger partial charge < -0.3 is 16.0 Å². The summed E-state index contributed by atoms with van der Waals surface area (Å²) in [5.74, 6) is -0.0250. The van der Waals surface area contributed by atoms with E-state index in [0.717, 1.165) is 24.2 Å². The third-order valence-corrected chi connectivity index (χ3v) is 4.33. The molecule has 1 fully saturated rings. The number of nitrogens with zero attached hydrogens (tertiary/aromatic N) is 1. The van der Waals surface area contributed by atoms with Crippen molar-refractivity contribution in [2.24, 2.45) is 0 Å². The van der Waals surface area contributed by atoms with E-state index in [0.29, 0.717) is 17.7 Å². The maximum absolute atomic E-state index is 12.3. The van der Waals surface area contributed by atoms with E-state index >= 15 is 0 Å². The standard InChI is InChI=1S/C19H21N3O2/c1-13(21-19(24)16-5-2-3-6-17(16)20)14-8-10-15(11-9-14)22-12-4-7-18(22)23/h2-3,5-6,8-11,13H,4,7,12,20H2,1H3,(H,21,24). The zero-order valence-electron chi connectivity index (χ0n) is 13.7. The summed E-state index contributed by atoms with van der Waals surface area (Å²) in [6, 6.07) is 14.6. The normalized spacial score (nSPS) is 15.4. The summed E-state index contributed by atoms with van der Waals surface area (Å²) in [7, 11) is 0. The molecule has 0 spiro atoms. The number of para-hydroxylation sites is 1. The molecular formula is C19H21N3O2. The Balaban J connectivity index is 1.69. The van der Waals surface area contributed by atoms with Crippen molar-refractivity contribution in [3.8, 4) is 0 Å². The van der Waals surface area contributed by atoms with Crippen molar-refractivity contribution >= 4 is 23.2 Å². The van der Waals surface area contributed by atoms with Crippen molar-refractivity contribution in [3.63, 3.8) is 0 Å². The summed E-state index contributed by atoms with van der Waals surface area (Å²) < 4.78 is 0. The van der Waals surface area contributed by atoms with Gasteiger partial charge in [0.05, 0.1) is 11.6 Å². The number of anilines is 2. The topological polar surface area (TPSA) is 75.4 Å². The van der Waals surface area contributed by atoms with Crippen molar-refractivity contribution in [3.05, 3.63) is 59.7 Å². The number of nitrogen functional groups attached to an aromatic ring is 1. The number of carbonyl (C=O) groups excluding carboxylic acids is 2. The average Bonchev–Trinajstić information content (AvgIpc) is 3.01. The second-order valence-electron chi connectivity index (χ2n) is 6.02. The van der Waals surface area contributed by atoms with Gasteiger partial charge in [0, 0.05) is 24.3 Å². The quantitative estimate of drug-likeness (QED) is 0.850. The predicted octanol–water partition coefficient (Wildman–Crippen LogP) is 2.89. The zero-order chi connectivity index (χ0) is 17.1. The summed E-state index contributed by atoms with van der Waals surface area (Å²) >= 11 is 0. The number of nitrogens with two attached hydrogens (primary N) is 1. The molecule has 5 nitrogen and oxygen atoms in total. The molecule has 3 rings (SSSR count). The molecule has 3 N–H and O–H groups in total. The third-order valence-electron chi connectivity index (χ3n) is 4.33. The number of nitrogens with one attached hydrogen (secondary N) is 1. The Kier molecular flexibility index (Phi) is 4.51. The van der Waals surface area contributed by atoms with Crippen LogP contribution in [-0.2, 0) is 4.79 Å². The van der Waals surface area contributed by atoms with Crippen molar-refractivity contribution in [2.45, 2.75) is 25.8 Å². The van der Waals surface area contributed by atoms with Gasteiger partial charge in [-0.2, -0.15) is 0 Å². The van der Waals surface area contributed by atoms with Gasteiger partial charge in [-0.05, 0) is 43.2 Å². The summed E-state index contributed by atoms with van der Waals surface area (Å²) in [5, 5.41) is 2.95. The number of rotatable bonds is 4. The van der Waals surface area contributed by atoms with Gasteiger partial charge in [0.25, 0.3) is 5.91 Å². The second kappa shape index (κ2) is 6.74. The van der Waals surface area contributed by atoms with Crippen LogP contribution in [0.5, 0.6) is 0 Å². The van der Waals surface area contributed by atoms with Crippen molar-refractivity contribution < 1.29 is 9.59 Å². The van der Waals surface area contributed by atoms with Crippen LogP contribution in [0.1, 0.15) is 41.7 Å². The Labute approximate surface area is 141 Å². The first-order valence-electron chi connectivity index (χ1n) is 8.12. The third kappa shape index (κ3) is 3.25. The van der Waals surface area contributed by atoms with Crippen LogP contribution in [0.15, 0.2) is 48.5 Å². The number of carbonyl (C=O) groups is 2. The van der Waals surface area contributed by atoms with Crippen molar-refractivity contribution in [1.29, 1.82) is 0 Å². The first kappa shape index (κ1) is 16.1. The molecule has 0 aromatic heterocycles. The Hall–Kier alpha value is -2.82. The van der Waals surface area contributed by atoms with Gasteiger partial charge in [0.1, 0.15) is 0 Å². The summed E-state index contributed by atoms with van der Waals surface area (Å²) in [6.45, 7) is 2.70. The van der Waals surface area contributed by atoms with E-state index in [4.69, 9.17) is 5.73 Å². The van der Waals surface area contributed by atoms with Crippen LogP contribution in [0.25, 0.3) is 0 Å². The molecule has 1 atom stereocenters. The minimum atomic E-state index is -0.195. The Bertz CT molecular complexity index is 755. The fourth-order valence-electron chi connectivity index (χ4n) is 2.93. The fourth-order valence-corrected chi connectivity index (χ4v) is 2.93. The molecule has 2 amide bonds. The van der Waals surface area contributed by atoms with Crippen LogP contribution in [-0.4, -0.2) is 18.4 Å². The maximum atomic E-state index is 12.3. The highest BCUT2D eigenvalue weighted by molar-refractivity contribution is 5.99. The molecule has 1 aliphatic rings. The lowest BCUT2D eigenvalue weighted by molar-refractivity contribution is -0.117. The van der Waals surface area contributed by atoms with Crippen LogP contribution >= 0.6 is 0 Å². The van der Waals surface area contributed by atoms with Crippen LogP contribution in [0.4, 0.5) is 11.4 Å². The van der Waals surface area contributed by atoms with Crippen LogP contribution < -0.4 is 16.0 Å². The minimum Gasteiger partial charge on any atom is -0.398 e. The first-order chi connectivity index (χ1) is 11.6. The van der Waals surface area contributed by atoms with E-state index in [2.05, 4.69) is 5.32 Å². The molecule has 1 unspecified atom stereocenters. The summed E-state index contributed by atoms with van der Waals surface area (Å²) in [6.07, 6.45) is 1.53.